The maximum Gasteiger partial charge on any atom is 0.283 e. The van der Waals surface area contributed by atoms with Crippen LogP contribution >= 0.6 is 0 Å². The van der Waals surface area contributed by atoms with Crippen LogP contribution in [0.5, 0.6) is 5.75 Å². The van der Waals surface area contributed by atoms with Crippen LogP contribution in [0.15, 0.2) is 53.3 Å². The van der Waals surface area contributed by atoms with Gasteiger partial charge < -0.3 is 24.7 Å². The summed E-state index contributed by atoms with van der Waals surface area (Å²) in [5.74, 6) is 2.07. The second-order valence-electron chi connectivity index (χ2n) is 9.49. The van der Waals surface area contributed by atoms with Gasteiger partial charge in [-0.15, -0.1) is 0 Å². The zero-order chi connectivity index (χ0) is 21.9. The fourth-order valence-electron chi connectivity index (χ4n) is 5.29. The van der Waals surface area contributed by atoms with Crippen molar-refractivity contribution in [1.82, 2.24) is 0 Å². The highest BCUT2D eigenvalue weighted by molar-refractivity contribution is 5.78. The Hall–Kier alpha value is -2.73. The number of amidine groups is 1. The van der Waals surface area contributed by atoms with Crippen LogP contribution in [-0.2, 0) is 19.7 Å². The molecule has 6 nitrogen and oxygen atoms in total. The van der Waals surface area contributed by atoms with E-state index >= 15 is 0 Å². The van der Waals surface area contributed by atoms with Gasteiger partial charge in [-0.05, 0) is 61.6 Å². The van der Waals surface area contributed by atoms with Gasteiger partial charge in [-0.2, -0.15) is 0 Å². The molecule has 2 N–H and O–H groups in total. The van der Waals surface area contributed by atoms with Crippen molar-refractivity contribution in [3.63, 3.8) is 0 Å². The first-order valence-corrected chi connectivity index (χ1v) is 10.8. The molecule has 0 aromatic heterocycles. The molecular weight excluding hydrogens is 392 g/mol. The molecular formula is C25H30N2O4. The van der Waals surface area contributed by atoms with Crippen molar-refractivity contribution in [2.45, 2.75) is 38.3 Å². The van der Waals surface area contributed by atoms with Crippen molar-refractivity contribution in [2.24, 2.45) is 22.1 Å². The van der Waals surface area contributed by atoms with Crippen LogP contribution in [0.25, 0.3) is 5.57 Å². The molecule has 6 heteroatoms. The summed E-state index contributed by atoms with van der Waals surface area (Å²) in [6.45, 7) is 7.94. The van der Waals surface area contributed by atoms with Crippen molar-refractivity contribution in [2.75, 3.05) is 26.9 Å². The lowest BCUT2D eigenvalue weighted by molar-refractivity contribution is -0.247. The van der Waals surface area contributed by atoms with Gasteiger partial charge in [-0.1, -0.05) is 25.1 Å². The van der Waals surface area contributed by atoms with Crippen LogP contribution in [0.1, 0.15) is 38.3 Å². The van der Waals surface area contributed by atoms with E-state index in [1.54, 1.807) is 7.11 Å². The van der Waals surface area contributed by atoms with E-state index in [0.29, 0.717) is 25.7 Å². The van der Waals surface area contributed by atoms with Crippen molar-refractivity contribution in [3.05, 3.63) is 59.4 Å². The van der Waals surface area contributed by atoms with Gasteiger partial charge in [0.1, 0.15) is 29.3 Å². The molecule has 0 saturated carbocycles. The number of ether oxygens (including phenoxy) is 4. The van der Waals surface area contributed by atoms with E-state index in [0.717, 1.165) is 34.6 Å². The number of hydrogen-bond donors (Lipinski definition) is 1. The zero-order valence-electron chi connectivity index (χ0n) is 18.6. The van der Waals surface area contributed by atoms with E-state index in [1.807, 2.05) is 12.1 Å². The quantitative estimate of drug-likeness (QED) is 0.782. The minimum absolute atomic E-state index is 0.228. The van der Waals surface area contributed by atoms with Crippen LogP contribution in [0.3, 0.4) is 0 Å². The number of rotatable bonds is 2. The average molecular weight is 423 g/mol. The van der Waals surface area contributed by atoms with Gasteiger partial charge in [-0.25, -0.2) is 4.99 Å². The van der Waals surface area contributed by atoms with Crippen molar-refractivity contribution >= 4 is 11.6 Å². The molecule has 1 aromatic carbocycles. The molecule has 164 valence electrons. The number of benzene rings is 1. The van der Waals surface area contributed by atoms with Crippen LogP contribution < -0.4 is 10.5 Å². The molecule has 2 atom stereocenters. The maximum absolute atomic E-state index is 6.53. The standard InChI is InChI=1S/C25H30N2O4/c1-16-6-5-7-19(28-4)11-18(10-16)17-8-9-21-20(12-17)25(15-30-22(26)27-25)24(13-29-14-24)23(2,3)31-21/h5,7-12,16H,6,13-15H2,1-4H3,(H2,26,27). The minimum atomic E-state index is -0.635. The predicted octanol–water partition coefficient (Wildman–Crippen LogP) is 3.92. The number of fused-ring (bicyclic) bond motifs is 3. The molecule has 2 spiro atoms. The first-order valence-electron chi connectivity index (χ1n) is 10.8. The van der Waals surface area contributed by atoms with Crippen LogP contribution in [0.4, 0.5) is 0 Å². The molecule has 0 bridgehead atoms. The predicted molar refractivity (Wildman–Crippen MR) is 120 cm³/mol. The molecule has 1 aliphatic carbocycles. The summed E-state index contributed by atoms with van der Waals surface area (Å²) >= 11 is 0. The van der Waals surface area contributed by atoms with Gasteiger partial charge in [0.15, 0.2) is 0 Å². The number of aliphatic imine (C=N–C) groups is 1. The molecule has 1 saturated heterocycles. The van der Waals surface area contributed by atoms with Crippen molar-refractivity contribution in [1.29, 1.82) is 0 Å². The van der Waals surface area contributed by atoms with E-state index < -0.39 is 11.1 Å². The molecule has 3 heterocycles. The topological polar surface area (TPSA) is 75.3 Å². The number of allylic oxidation sites excluding steroid dienone is 5. The summed E-state index contributed by atoms with van der Waals surface area (Å²) < 4.78 is 23.6. The Labute approximate surface area is 183 Å². The molecule has 0 radical (unpaired) electrons. The molecule has 1 aromatic rings. The molecule has 4 aliphatic rings. The third-order valence-corrected chi connectivity index (χ3v) is 7.28. The first kappa shape index (κ1) is 20.2. The van der Waals surface area contributed by atoms with Crippen molar-refractivity contribution < 1.29 is 18.9 Å². The Morgan fingerprint density at radius 1 is 1.19 bits per heavy atom. The summed E-state index contributed by atoms with van der Waals surface area (Å²) in [6, 6.07) is 6.56. The van der Waals surface area contributed by atoms with Gasteiger partial charge in [0, 0.05) is 5.56 Å². The largest absolute Gasteiger partial charge is 0.497 e. The third-order valence-electron chi connectivity index (χ3n) is 7.28. The highest BCUT2D eigenvalue weighted by atomic mass is 16.5. The fraction of sp³-hybridized carbons (Fsp3) is 0.480. The van der Waals surface area contributed by atoms with Crippen LogP contribution in [0.2, 0.25) is 0 Å². The highest BCUT2D eigenvalue weighted by Gasteiger charge is 2.71. The second kappa shape index (κ2) is 6.89. The lowest BCUT2D eigenvalue weighted by Crippen LogP contribution is -2.71. The van der Waals surface area contributed by atoms with Gasteiger partial charge in [0.25, 0.3) is 6.02 Å². The lowest BCUT2D eigenvalue weighted by Gasteiger charge is -2.61. The zero-order valence-corrected chi connectivity index (χ0v) is 18.6. The number of methoxy groups -OCH3 is 1. The minimum Gasteiger partial charge on any atom is -0.497 e. The second-order valence-corrected chi connectivity index (χ2v) is 9.49. The third kappa shape index (κ3) is 2.84. The van der Waals surface area contributed by atoms with Crippen LogP contribution in [0, 0.1) is 11.3 Å². The van der Waals surface area contributed by atoms with E-state index in [1.165, 1.54) is 0 Å². The number of hydrogen-bond acceptors (Lipinski definition) is 6. The molecule has 1 fully saturated rings. The van der Waals surface area contributed by atoms with E-state index in [9.17, 15) is 0 Å². The molecule has 5 rings (SSSR count). The Kier molecular flexibility index (Phi) is 4.49. The van der Waals surface area contributed by atoms with Gasteiger partial charge in [0.2, 0.25) is 0 Å². The molecule has 3 aliphatic heterocycles. The van der Waals surface area contributed by atoms with Crippen LogP contribution in [-0.4, -0.2) is 38.6 Å². The summed E-state index contributed by atoms with van der Waals surface area (Å²) in [5.41, 5.74) is 7.83. The van der Waals surface area contributed by atoms with E-state index in [4.69, 9.17) is 29.7 Å². The van der Waals surface area contributed by atoms with Gasteiger partial charge >= 0.3 is 0 Å². The first-order chi connectivity index (χ1) is 14.8. The van der Waals surface area contributed by atoms with Gasteiger partial charge in [-0.3, -0.25) is 0 Å². The number of nitrogens with two attached hydrogens (primary N) is 1. The molecule has 2 unspecified atom stereocenters. The fourth-order valence-corrected chi connectivity index (χ4v) is 5.29. The van der Waals surface area contributed by atoms with Crippen molar-refractivity contribution in [3.8, 4) is 5.75 Å². The van der Waals surface area contributed by atoms with Gasteiger partial charge in [0.05, 0.1) is 25.7 Å². The summed E-state index contributed by atoms with van der Waals surface area (Å²) in [4.78, 5) is 4.90. The average Bonchev–Trinajstić information content (AvgIpc) is 3.05. The Balaban J connectivity index is 1.69. The smallest absolute Gasteiger partial charge is 0.283 e. The summed E-state index contributed by atoms with van der Waals surface area (Å²) in [7, 11) is 1.70. The summed E-state index contributed by atoms with van der Waals surface area (Å²) in [5, 5.41) is 0. The van der Waals surface area contributed by atoms with E-state index in [-0.39, 0.29) is 11.4 Å². The maximum atomic E-state index is 6.53. The SMILES string of the molecule is COC1=CC(c2ccc3c(c2)C2(COC(N)=N2)C2(COC2)C(C)(C)O3)=CC(C)CC=C1. The van der Waals surface area contributed by atoms with E-state index in [2.05, 4.69) is 51.1 Å². The lowest BCUT2D eigenvalue weighted by atomic mass is 9.55. The highest BCUT2D eigenvalue weighted by Crippen LogP contribution is 2.62. The number of nitrogens with zero attached hydrogens (tertiary/aromatic N) is 1. The monoisotopic (exact) mass is 422 g/mol. The molecule has 0 amide bonds. The summed E-state index contributed by atoms with van der Waals surface area (Å²) in [6.07, 6.45) is 9.52. The Morgan fingerprint density at radius 3 is 2.65 bits per heavy atom. The normalized spacial score (nSPS) is 30.1. The molecule has 31 heavy (non-hydrogen) atoms. The Bertz CT molecular complexity index is 1030. The Morgan fingerprint density at radius 2 is 2.00 bits per heavy atom.